The van der Waals surface area contributed by atoms with Gasteiger partial charge in [0.25, 0.3) is 5.91 Å². The third-order valence-electron chi connectivity index (χ3n) is 2.73. The zero-order valence-corrected chi connectivity index (χ0v) is 13.2. The van der Waals surface area contributed by atoms with Crippen LogP contribution in [0.15, 0.2) is 29.4 Å². The number of carbonyl (C=O) groups excluding carboxylic acids is 1. The summed E-state index contributed by atoms with van der Waals surface area (Å²) < 4.78 is 0. The van der Waals surface area contributed by atoms with Crippen LogP contribution in [0.5, 0.6) is 0 Å². The number of amides is 1. The maximum atomic E-state index is 11.6. The number of carbonyl (C=O) groups is 1. The van der Waals surface area contributed by atoms with Gasteiger partial charge in [-0.15, -0.1) is 0 Å². The molecule has 3 N–H and O–H groups in total. The lowest BCUT2D eigenvalue weighted by molar-refractivity contribution is -0.125. The van der Waals surface area contributed by atoms with E-state index < -0.39 is 0 Å². The summed E-state index contributed by atoms with van der Waals surface area (Å²) in [7, 11) is 0. The Labute approximate surface area is 130 Å². The number of nitrogens with two attached hydrogens (primary N) is 1. The van der Waals surface area contributed by atoms with Gasteiger partial charge in [0.2, 0.25) is 0 Å². The minimum atomic E-state index is -0.254. The Morgan fingerprint density at radius 2 is 2.24 bits per heavy atom. The topological polar surface area (TPSA) is 76.7 Å². The number of hydrogen-bond donors (Lipinski definition) is 2. The first-order chi connectivity index (χ1) is 9.97. The number of benzene rings is 1. The van der Waals surface area contributed by atoms with Crippen molar-refractivity contribution in [2.45, 2.75) is 33.2 Å². The highest BCUT2D eigenvalue weighted by atomic mass is 35.5. The Bertz CT molecular complexity index is 490. The molecule has 1 aromatic rings. The molecule has 0 unspecified atom stereocenters. The molecule has 0 aromatic heterocycles. The fourth-order valence-corrected chi connectivity index (χ4v) is 1.77. The van der Waals surface area contributed by atoms with Crippen LogP contribution in [0.4, 0.5) is 0 Å². The maximum absolute atomic E-state index is 11.6. The fourth-order valence-electron chi connectivity index (χ4n) is 1.55. The van der Waals surface area contributed by atoms with Crippen LogP contribution >= 0.6 is 11.6 Å². The largest absolute Gasteiger partial charge is 0.384 e. The summed E-state index contributed by atoms with van der Waals surface area (Å²) in [5, 5.41) is 7.07. The van der Waals surface area contributed by atoms with Gasteiger partial charge in [0.05, 0.1) is 0 Å². The molecule has 0 fully saturated rings. The highest BCUT2D eigenvalue weighted by molar-refractivity contribution is 6.30. The number of halogens is 1. The molecule has 0 atom stereocenters. The van der Waals surface area contributed by atoms with Crippen molar-refractivity contribution in [1.82, 2.24) is 5.32 Å². The van der Waals surface area contributed by atoms with Crippen LogP contribution in [0.1, 0.15) is 32.3 Å². The van der Waals surface area contributed by atoms with E-state index in [9.17, 15) is 4.79 Å². The van der Waals surface area contributed by atoms with Crippen molar-refractivity contribution in [3.8, 4) is 0 Å². The Kier molecular flexibility index (Phi) is 7.61. The van der Waals surface area contributed by atoms with Gasteiger partial charge in [0.15, 0.2) is 6.61 Å². The molecule has 0 aliphatic heterocycles. The van der Waals surface area contributed by atoms with Crippen molar-refractivity contribution in [3.63, 3.8) is 0 Å². The zero-order valence-electron chi connectivity index (χ0n) is 12.4. The van der Waals surface area contributed by atoms with Gasteiger partial charge in [-0.1, -0.05) is 42.7 Å². The van der Waals surface area contributed by atoms with Crippen LogP contribution in [-0.4, -0.2) is 18.3 Å². The number of hydrogen-bond acceptors (Lipinski definition) is 3. The third-order valence-corrected chi connectivity index (χ3v) is 2.97. The van der Waals surface area contributed by atoms with E-state index >= 15 is 0 Å². The van der Waals surface area contributed by atoms with Gasteiger partial charge in [0.1, 0.15) is 5.84 Å². The molecule has 0 aliphatic rings. The van der Waals surface area contributed by atoms with Gasteiger partial charge in [-0.3, -0.25) is 4.79 Å². The molecule has 0 heterocycles. The fraction of sp³-hybridized carbons (Fsp3) is 0.467. The lowest BCUT2D eigenvalue weighted by atomic mass is 10.1. The van der Waals surface area contributed by atoms with Crippen molar-refractivity contribution in [2.75, 3.05) is 6.61 Å². The van der Waals surface area contributed by atoms with Gasteiger partial charge in [-0.05, 0) is 30.0 Å². The van der Waals surface area contributed by atoms with Gasteiger partial charge in [0, 0.05) is 18.0 Å². The normalized spacial score (nSPS) is 11.5. The zero-order chi connectivity index (χ0) is 15.7. The molecular formula is C15H22ClN3O2. The number of amidine groups is 1. The molecule has 0 radical (unpaired) electrons. The molecule has 1 aromatic carbocycles. The van der Waals surface area contributed by atoms with Crippen molar-refractivity contribution in [2.24, 2.45) is 16.8 Å². The standard InChI is InChI=1S/C15H22ClN3O2/c1-11(2)6-7-14(17)19-21-10-15(20)18-9-12-4-3-5-13(16)8-12/h3-5,8,11H,6-7,9-10H2,1-2H3,(H2,17,19)(H,18,20). The van der Waals surface area contributed by atoms with Crippen molar-refractivity contribution >= 4 is 23.3 Å². The van der Waals surface area contributed by atoms with Crippen LogP contribution in [0.2, 0.25) is 5.02 Å². The molecule has 0 saturated carbocycles. The summed E-state index contributed by atoms with van der Waals surface area (Å²) >= 11 is 5.86. The van der Waals surface area contributed by atoms with E-state index in [4.69, 9.17) is 22.2 Å². The molecule has 116 valence electrons. The highest BCUT2D eigenvalue weighted by Gasteiger charge is 2.03. The summed E-state index contributed by atoms with van der Waals surface area (Å²) in [6.07, 6.45) is 1.61. The number of nitrogens with one attached hydrogen (secondary N) is 1. The van der Waals surface area contributed by atoms with E-state index in [1.54, 1.807) is 12.1 Å². The van der Waals surface area contributed by atoms with Gasteiger partial charge >= 0.3 is 0 Å². The third kappa shape index (κ3) is 8.19. The second kappa shape index (κ2) is 9.23. The van der Waals surface area contributed by atoms with Crippen LogP contribution in [0, 0.1) is 5.92 Å². The molecule has 6 heteroatoms. The minimum Gasteiger partial charge on any atom is -0.384 e. The van der Waals surface area contributed by atoms with Crippen molar-refractivity contribution in [1.29, 1.82) is 0 Å². The molecule has 5 nitrogen and oxygen atoms in total. The average Bonchev–Trinajstić information content (AvgIpc) is 2.43. The SMILES string of the molecule is CC(C)CC/C(N)=N/OCC(=O)NCc1cccc(Cl)c1. The Morgan fingerprint density at radius 1 is 1.48 bits per heavy atom. The number of nitrogens with zero attached hydrogens (tertiary/aromatic N) is 1. The predicted molar refractivity (Wildman–Crippen MR) is 84.9 cm³/mol. The summed E-state index contributed by atoms with van der Waals surface area (Å²) in [6.45, 7) is 4.47. The van der Waals surface area contributed by atoms with Gasteiger partial charge < -0.3 is 15.9 Å². The smallest absolute Gasteiger partial charge is 0.261 e. The van der Waals surface area contributed by atoms with Crippen LogP contribution in [-0.2, 0) is 16.2 Å². The van der Waals surface area contributed by atoms with E-state index in [0.717, 1.165) is 12.0 Å². The molecular weight excluding hydrogens is 290 g/mol. The molecule has 0 bridgehead atoms. The molecule has 0 spiro atoms. The van der Waals surface area contributed by atoms with Crippen molar-refractivity contribution < 1.29 is 9.63 Å². The lowest BCUT2D eigenvalue weighted by Gasteiger charge is -2.06. The lowest BCUT2D eigenvalue weighted by Crippen LogP contribution is -2.27. The first-order valence-corrected chi connectivity index (χ1v) is 7.30. The van der Waals surface area contributed by atoms with Crippen LogP contribution < -0.4 is 11.1 Å². The molecule has 0 saturated heterocycles. The highest BCUT2D eigenvalue weighted by Crippen LogP contribution is 2.10. The molecule has 21 heavy (non-hydrogen) atoms. The van der Waals surface area contributed by atoms with E-state index in [-0.39, 0.29) is 12.5 Å². The second-order valence-electron chi connectivity index (χ2n) is 5.20. The summed E-state index contributed by atoms with van der Waals surface area (Å²) in [5.41, 5.74) is 6.60. The summed E-state index contributed by atoms with van der Waals surface area (Å²) in [5.74, 6) is 0.710. The second-order valence-corrected chi connectivity index (χ2v) is 5.63. The minimum absolute atomic E-state index is 0.150. The predicted octanol–water partition coefficient (Wildman–Crippen LogP) is 2.68. The summed E-state index contributed by atoms with van der Waals surface area (Å²) in [6, 6.07) is 7.30. The van der Waals surface area contributed by atoms with E-state index in [1.165, 1.54) is 0 Å². The summed E-state index contributed by atoms with van der Waals surface area (Å²) in [4.78, 5) is 16.5. The average molecular weight is 312 g/mol. The molecule has 0 aliphatic carbocycles. The molecule has 1 rings (SSSR count). The first-order valence-electron chi connectivity index (χ1n) is 6.93. The van der Waals surface area contributed by atoms with Crippen LogP contribution in [0.25, 0.3) is 0 Å². The number of oxime groups is 1. The van der Waals surface area contributed by atoms with E-state index in [2.05, 4.69) is 24.3 Å². The Morgan fingerprint density at radius 3 is 2.90 bits per heavy atom. The van der Waals surface area contributed by atoms with E-state index in [1.807, 2.05) is 12.1 Å². The Hall–Kier alpha value is -1.75. The first kappa shape index (κ1) is 17.3. The van der Waals surface area contributed by atoms with Crippen molar-refractivity contribution in [3.05, 3.63) is 34.9 Å². The quantitative estimate of drug-likeness (QED) is 0.440. The number of rotatable bonds is 8. The van der Waals surface area contributed by atoms with Gasteiger partial charge in [-0.25, -0.2) is 0 Å². The monoisotopic (exact) mass is 311 g/mol. The van der Waals surface area contributed by atoms with Crippen LogP contribution in [0.3, 0.4) is 0 Å². The Balaban J connectivity index is 2.23. The maximum Gasteiger partial charge on any atom is 0.261 e. The van der Waals surface area contributed by atoms with E-state index in [0.29, 0.717) is 29.7 Å². The molecule has 1 amide bonds. The van der Waals surface area contributed by atoms with Gasteiger partial charge in [-0.2, -0.15) is 0 Å².